The highest BCUT2D eigenvalue weighted by Gasteiger charge is 2.17. The van der Waals surface area contributed by atoms with Crippen molar-refractivity contribution in [1.29, 1.82) is 0 Å². The Bertz CT molecular complexity index is 536. The van der Waals surface area contributed by atoms with Crippen LogP contribution in [0, 0.1) is 12.7 Å². The third-order valence-corrected chi connectivity index (χ3v) is 4.97. The van der Waals surface area contributed by atoms with Gasteiger partial charge in [-0.15, -0.1) is 11.3 Å². The number of hydrogen-bond donors (Lipinski definition) is 1. The van der Waals surface area contributed by atoms with Crippen LogP contribution in [0.15, 0.2) is 28.7 Å². The van der Waals surface area contributed by atoms with Crippen LogP contribution in [0.1, 0.15) is 22.0 Å². The van der Waals surface area contributed by atoms with Crippen LogP contribution < -0.4 is 5.73 Å². The topological polar surface area (TPSA) is 26.0 Å². The second-order valence-electron chi connectivity index (χ2n) is 3.73. The first-order valence-corrected chi connectivity index (χ1v) is 6.94. The third kappa shape index (κ3) is 2.55. The second-order valence-corrected chi connectivity index (χ2v) is 6.21. The molecule has 0 amide bonds. The normalized spacial score (nSPS) is 12.8. The molecule has 0 aliphatic carbocycles. The number of benzene rings is 1. The Morgan fingerprint density at radius 3 is 2.76 bits per heavy atom. The minimum absolute atomic E-state index is 0.308. The molecule has 0 aliphatic heterocycles. The lowest BCUT2D eigenvalue weighted by molar-refractivity contribution is 0.616. The van der Waals surface area contributed by atoms with E-state index in [1.165, 1.54) is 17.4 Å². The molecular formula is C12H10BrClFNS. The molecular weight excluding hydrogens is 325 g/mol. The summed E-state index contributed by atoms with van der Waals surface area (Å²) in [5.41, 5.74) is 7.84. The summed E-state index contributed by atoms with van der Waals surface area (Å²) < 4.78 is 14.6. The van der Waals surface area contributed by atoms with E-state index in [1.807, 2.05) is 13.0 Å². The summed E-state index contributed by atoms with van der Waals surface area (Å²) in [6, 6.07) is 6.43. The molecule has 1 unspecified atom stereocenters. The second kappa shape index (κ2) is 5.06. The highest BCUT2D eigenvalue weighted by molar-refractivity contribution is 9.10. The number of aryl methyl sites for hydroxylation is 1. The van der Waals surface area contributed by atoms with Gasteiger partial charge in [0.05, 0.1) is 14.9 Å². The fraction of sp³-hybridized carbons (Fsp3) is 0.167. The maximum Gasteiger partial charge on any atom is 0.137 e. The molecule has 2 aromatic rings. The van der Waals surface area contributed by atoms with Crippen molar-refractivity contribution in [2.75, 3.05) is 0 Å². The molecule has 1 nitrogen and oxygen atoms in total. The van der Waals surface area contributed by atoms with E-state index in [2.05, 4.69) is 15.9 Å². The van der Waals surface area contributed by atoms with Gasteiger partial charge in [-0.2, -0.15) is 0 Å². The van der Waals surface area contributed by atoms with E-state index < -0.39 is 0 Å². The molecule has 0 radical (unpaired) electrons. The Morgan fingerprint density at radius 1 is 1.47 bits per heavy atom. The summed E-state index contributed by atoms with van der Waals surface area (Å²) in [5, 5.41) is 0. The van der Waals surface area contributed by atoms with Crippen LogP contribution in [0.3, 0.4) is 0 Å². The molecule has 1 aromatic carbocycles. The molecule has 1 aromatic heterocycles. The molecule has 90 valence electrons. The van der Waals surface area contributed by atoms with Gasteiger partial charge in [-0.05, 0) is 46.1 Å². The lowest BCUT2D eigenvalue weighted by Crippen LogP contribution is -2.11. The first-order chi connectivity index (χ1) is 8.00. The van der Waals surface area contributed by atoms with Crippen molar-refractivity contribution in [3.05, 3.63) is 54.9 Å². The van der Waals surface area contributed by atoms with E-state index in [0.717, 1.165) is 20.3 Å². The standard InChI is InChI=1S/C12H10BrClFNS/c1-6-5-9(17-12(6)14)11(16)7-3-2-4-8(15)10(7)13/h2-5,11H,16H2,1H3. The molecule has 0 aliphatic rings. The van der Waals surface area contributed by atoms with Gasteiger partial charge in [0.15, 0.2) is 0 Å². The van der Waals surface area contributed by atoms with Gasteiger partial charge < -0.3 is 5.73 Å². The lowest BCUT2D eigenvalue weighted by Gasteiger charge is -2.12. The van der Waals surface area contributed by atoms with Crippen molar-refractivity contribution in [2.45, 2.75) is 13.0 Å². The summed E-state index contributed by atoms with van der Waals surface area (Å²) in [4.78, 5) is 0.929. The molecule has 1 atom stereocenters. The predicted octanol–water partition coefficient (Wildman–Crippen LogP) is 4.66. The number of halogens is 3. The highest BCUT2D eigenvalue weighted by Crippen LogP contribution is 2.35. The van der Waals surface area contributed by atoms with Crippen molar-refractivity contribution in [2.24, 2.45) is 5.73 Å². The first kappa shape index (κ1) is 13.0. The van der Waals surface area contributed by atoms with E-state index in [1.54, 1.807) is 12.1 Å². The number of hydrogen-bond acceptors (Lipinski definition) is 2. The third-order valence-electron chi connectivity index (χ3n) is 2.50. The Hall–Kier alpha value is -0.420. The Morgan fingerprint density at radius 2 is 2.18 bits per heavy atom. The van der Waals surface area contributed by atoms with E-state index in [9.17, 15) is 4.39 Å². The number of thiophene rings is 1. The van der Waals surface area contributed by atoms with Gasteiger partial charge in [0, 0.05) is 4.88 Å². The van der Waals surface area contributed by atoms with E-state index >= 15 is 0 Å². The van der Waals surface area contributed by atoms with Gasteiger partial charge >= 0.3 is 0 Å². The molecule has 0 saturated carbocycles. The van der Waals surface area contributed by atoms with Crippen molar-refractivity contribution in [3.63, 3.8) is 0 Å². The Kier molecular flexibility index (Phi) is 3.88. The summed E-state index contributed by atoms with van der Waals surface area (Å²) in [6.45, 7) is 1.93. The molecule has 0 spiro atoms. The molecule has 17 heavy (non-hydrogen) atoms. The maximum atomic E-state index is 13.4. The molecule has 2 N–H and O–H groups in total. The van der Waals surface area contributed by atoms with Crippen molar-refractivity contribution < 1.29 is 4.39 Å². The summed E-state index contributed by atoms with van der Waals surface area (Å²) in [7, 11) is 0. The van der Waals surface area contributed by atoms with E-state index in [-0.39, 0.29) is 11.9 Å². The van der Waals surface area contributed by atoms with Gasteiger partial charge in [-0.3, -0.25) is 0 Å². The minimum atomic E-state index is -0.365. The van der Waals surface area contributed by atoms with Gasteiger partial charge in [0.25, 0.3) is 0 Å². The Labute approximate surface area is 117 Å². The number of rotatable bonds is 2. The molecule has 0 bridgehead atoms. The quantitative estimate of drug-likeness (QED) is 0.849. The van der Waals surface area contributed by atoms with Gasteiger partial charge in [0.2, 0.25) is 0 Å². The van der Waals surface area contributed by atoms with Gasteiger partial charge in [-0.1, -0.05) is 23.7 Å². The minimum Gasteiger partial charge on any atom is -0.320 e. The van der Waals surface area contributed by atoms with Crippen LogP contribution in [0.5, 0.6) is 0 Å². The van der Waals surface area contributed by atoms with Crippen LogP contribution >= 0.6 is 38.9 Å². The lowest BCUT2D eigenvalue weighted by atomic mass is 10.1. The molecule has 0 fully saturated rings. The average molecular weight is 335 g/mol. The zero-order valence-corrected chi connectivity index (χ0v) is 12.2. The van der Waals surface area contributed by atoms with Crippen molar-refractivity contribution in [1.82, 2.24) is 0 Å². The highest BCUT2D eigenvalue weighted by atomic mass is 79.9. The SMILES string of the molecule is Cc1cc(C(N)c2cccc(F)c2Br)sc1Cl. The van der Waals surface area contributed by atoms with Crippen LogP contribution in [0.2, 0.25) is 4.34 Å². The maximum absolute atomic E-state index is 13.4. The molecule has 1 heterocycles. The summed E-state index contributed by atoms with van der Waals surface area (Å²) >= 11 is 10.7. The fourth-order valence-electron chi connectivity index (χ4n) is 1.55. The largest absolute Gasteiger partial charge is 0.320 e. The van der Waals surface area contributed by atoms with E-state index in [0.29, 0.717) is 4.47 Å². The predicted molar refractivity (Wildman–Crippen MR) is 74.2 cm³/mol. The molecule has 2 rings (SSSR count). The number of nitrogens with two attached hydrogens (primary N) is 1. The van der Waals surface area contributed by atoms with E-state index in [4.69, 9.17) is 17.3 Å². The zero-order chi connectivity index (χ0) is 12.6. The van der Waals surface area contributed by atoms with Crippen molar-refractivity contribution in [3.8, 4) is 0 Å². The van der Waals surface area contributed by atoms with Crippen LogP contribution in [-0.4, -0.2) is 0 Å². The van der Waals surface area contributed by atoms with Crippen LogP contribution in [0.4, 0.5) is 4.39 Å². The van der Waals surface area contributed by atoms with Gasteiger partial charge in [-0.25, -0.2) is 4.39 Å². The average Bonchev–Trinajstić information content (AvgIpc) is 2.62. The molecule has 0 saturated heterocycles. The molecule has 5 heteroatoms. The van der Waals surface area contributed by atoms with Gasteiger partial charge in [0.1, 0.15) is 5.82 Å². The Balaban J connectivity index is 2.43. The summed E-state index contributed by atoms with van der Waals surface area (Å²) in [5.74, 6) is -0.308. The monoisotopic (exact) mass is 333 g/mol. The van der Waals surface area contributed by atoms with Crippen molar-refractivity contribution >= 4 is 38.9 Å². The smallest absolute Gasteiger partial charge is 0.137 e. The summed E-state index contributed by atoms with van der Waals surface area (Å²) in [6.07, 6.45) is 0. The van der Waals surface area contributed by atoms with Crippen LogP contribution in [0.25, 0.3) is 0 Å². The fourth-order valence-corrected chi connectivity index (χ4v) is 3.30. The zero-order valence-electron chi connectivity index (χ0n) is 9.01. The van der Waals surface area contributed by atoms with Crippen LogP contribution in [-0.2, 0) is 0 Å². The first-order valence-electron chi connectivity index (χ1n) is 4.96.